The van der Waals surface area contributed by atoms with Crippen molar-refractivity contribution in [1.29, 1.82) is 0 Å². The van der Waals surface area contributed by atoms with Gasteiger partial charge in [-0.05, 0) is 12.8 Å². The maximum atomic E-state index is 11.1. The van der Waals surface area contributed by atoms with Gasteiger partial charge in [0.1, 0.15) is 11.9 Å². The first-order chi connectivity index (χ1) is 8.17. The SMILES string of the molecule is CCCCC[n+]1cc(CCC(=O)OC)n(C)c1.[I-]. The van der Waals surface area contributed by atoms with Gasteiger partial charge in [0.25, 0.3) is 0 Å². The zero-order valence-corrected chi connectivity index (χ0v) is 13.6. The molecule has 1 rings (SSSR count). The molecule has 0 fully saturated rings. The number of ether oxygens (including phenoxy) is 1. The molecule has 18 heavy (non-hydrogen) atoms. The Morgan fingerprint density at radius 2 is 2.17 bits per heavy atom. The summed E-state index contributed by atoms with van der Waals surface area (Å²) in [6.45, 7) is 3.26. The summed E-state index contributed by atoms with van der Waals surface area (Å²) in [5.41, 5.74) is 1.17. The average molecular weight is 366 g/mol. The molecule has 0 saturated carbocycles. The fraction of sp³-hybridized carbons (Fsp3) is 0.692. The number of carbonyl (C=O) groups is 1. The Kier molecular flexibility index (Phi) is 9.05. The van der Waals surface area contributed by atoms with E-state index in [1.54, 1.807) is 0 Å². The Morgan fingerprint density at radius 3 is 2.78 bits per heavy atom. The van der Waals surface area contributed by atoms with Crippen molar-refractivity contribution in [2.45, 2.75) is 45.6 Å². The Bertz CT molecular complexity index is 364. The van der Waals surface area contributed by atoms with Crippen LogP contribution in [0.3, 0.4) is 0 Å². The fourth-order valence-corrected chi connectivity index (χ4v) is 1.85. The van der Waals surface area contributed by atoms with Crippen LogP contribution in [0.25, 0.3) is 0 Å². The minimum absolute atomic E-state index is 0. The number of rotatable bonds is 7. The van der Waals surface area contributed by atoms with Crippen molar-refractivity contribution in [3.8, 4) is 0 Å². The van der Waals surface area contributed by atoms with E-state index in [9.17, 15) is 4.79 Å². The van der Waals surface area contributed by atoms with E-state index in [1.165, 1.54) is 32.1 Å². The van der Waals surface area contributed by atoms with Crippen molar-refractivity contribution >= 4 is 5.97 Å². The zero-order chi connectivity index (χ0) is 12.7. The Labute approximate surface area is 126 Å². The number of unbranched alkanes of at least 4 members (excludes halogenated alkanes) is 2. The molecule has 0 saturated heterocycles. The highest BCUT2D eigenvalue weighted by molar-refractivity contribution is 5.69. The monoisotopic (exact) mass is 366 g/mol. The standard InChI is InChI=1S/C13H23N2O2.HI/c1-4-5-6-9-15-10-12(14(2)11-15)7-8-13(16)17-3;/h10-11H,4-9H2,1-3H3;1H/q+1;/p-1. The van der Waals surface area contributed by atoms with Crippen LogP contribution in [0.1, 0.15) is 38.3 Å². The molecule has 1 aromatic heterocycles. The van der Waals surface area contributed by atoms with Crippen LogP contribution in [0.2, 0.25) is 0 Å². The first-order valence-corrected chi connectivity index (χ1v) is 6.28. The highest BCUT2D eigenvalue weighted by Crippen LogP contribution is 2.02. The molecule has 104 valence electrons. The van der Waals surface area contributed by atoms with Crippen LogP contribution >= 0.6 is 0 Å². The highest BCUT2D eigenvalue weighted by atomic mass is 127. The summed E-state index contributed by atoms with van der Waals surface area (Å²) >= 11 is 0. The molecule has 1 heterocycles. The largest absolute Gasteiger partial charge is 1.00 e. The zero-order valence-electron chi connectivity index (χ0n) is 11.5. The molecule has 1 aromatic rings. The summed E-state index contributed by atoms with van der Waals surface area (Å²) in [6, 6.07) is 0. The van der Waals surface area contributed by atoms with Gasteiger partial charge in [0.2, 0.25) is 6.33 Å². The van der Waals surface area contributed by atoms with Crippen molar-refractivity contribution < 1.29 is 38.1 Å². The van der Waals surface area contributed by atoms with Crippen molar-refractivity contribution in [1.82, 2.24) is 4.57 Å². The summed E-state index contributed by atoms with van der Waals surface area (Å²) in [4.78, 5) is 11.1. The molecular weight excluding hydrogens is 343 g/mol. The number of esters is 1. The van der Waals surface area contributed by atoms with E-state index in [1.807, 2.05) is 7.05 Å². The van der Waals surface area contributed by atoms with Crippen LogP contribution < -0.4 is 28.5 Å². The fourth-order valence-electron chi connectivity index (χ4n) is 1.85. The van der Waals surface area contributed by atoms with E-state index < -0.39 is 0 Å². The second kappa shape index (κ2) is 9.35. The molecule has 0 aliphatic heterocycles. The number of nitrogens with zero attached hydrogens (tertiary/aromatic N) is 2. The molecule has 0 spiro atoms. The van der Waals surface area contributed by atoms with Crippen LogP contribution in [-0.2, 0) is 29.5 Å². The molecule has 0 aromatic carbocycles. The number of aryl methyl sites for hydroxylation is 3. The first-order valence-electron chi connectivity index (χ1n) is 6.28. The van der Waals surface area contributed by atoms with Gasteiger partial charge in [-0.15, -0.1) is 0 Å². The van der Waals surface area contributed by atoms with Crippen molar-refractivity contribution in [3.05, 3.63) is 18.2 Å². The van der Waals surface area contributed by atoms with Crippen molar-refractivity contribution in [3.63, 3.8) is 0 Å². The van der Waals surface area contributed by atoms with Gasteiger partial charge in [0.15, 0.2) is 0 Å². The van der Waals surface area contributed by atoms with Gasteiger partial charge in [-0.1, -0.05) is 13.3 Å². The third-order valence-corrected chi connectivity index (χ3v) is 2.92. The van der Waals surface area contributed by atoms with E-state index in [0.717, 1.165) is 13.0 Å². The average Bonchev–Trinajstić information content (AvgIpc) is 2.67. The molecule has 0 aliphatic carbocycles. The van der Waals surface area contributed by atoms with E-state index >= 15 is 0 Å². The van der Waals surface area contributed by atoms with Gasteiger partial charge >= 0.3 is 5.97 Å². The normalized spacial score (nSPS) is 9.94. The van der Waals surface area contributed by atoms with E-state index in [2.05, 4.69) is 33.3 Å². The number of carbonyl (C=O) groups excluding carboxylic acids is 1. The maximum absolute atomic E-state index is 11.1. The van der Waals surface area contributed by atoms with E-state index in [-0.39, 0.29) is 29.9 Å². The summed E-state index contributed by atoms with van der Waals surface area (Å²) in [7, 11) is 3.45. The van der Waals surface area contributed by atoms with Gasteiger partial charge in [-0.2, -0.15) is 0 Å². The number of hydrogen-bond acceptors (Lipinski definition) is 2. The van der Waals surface area contributed by atoms with Crippen LogP contribution in [0, 0.1) is 0 Å². The molecule has 0 unspecified atom stereocenters. The second-order valence-corrected chi connectivity index (χ2v) is 4.37. The molecule has 0 atom stereocenters. The number of imidazole rings is 1. The van der Waals surface area contributed by atoms with Crippen LogP contribution in [0.15, 0.2) is 12.5 Å². The molecule has 0 amide bonds. The summed E-state index contributed by atoms with van der Waals surface area (Å²) in [5, 5.41) is 0. The lowest BCUT2D eigenvalue weighted by molar-refractivity contribution is -0.697. The van der Waals surface area contributed by atoms with Gasteiger partial charge in [0.05, 0.1) is 27.1 Å². The predicted octanol–water partition coefficient (Wildman–Crippen LogP) is -1.39. The van der Waals surface area contributed by atoms with Crippen molar-refractivity contribution in [2.75, 3.05) is 7.11 Å². The lowest BCUT2D eigenvalue weighted by Crippen LogP contribution is -3.00. The van der Waals surface area contributed by atoms with Gasteiger partial charge < -0.3 is 28.7 Å². The van der Waals surface area contributed by atoms with Gasteiger partial charge in [-0.3, -0.25) is 4.79 Å². The van der Waals surface area contributed by atoms with E-state index in [4.69, 9.17) is 0 Å². The summed E-state index contributed by atoms with van der Waals surface area (Å²) < 4.78 is 8.92. The first kappa shape index (κ1) is 17.4. The number of halogens is 1. The molecule has 0 bridgehead atoms. The van der Waals surface area contributed by atoms with Gasteiger partial charge in [-0.25, -0.2) is 9.13 Å². The predicted molar refractivity (Wildman–Crippen MR) is 65.5 cm³/mol. The Morgan fingerprint density at radius 1 is 1.44 bits per heavy atom. The highest BCUT2D eigenvalue weighted by Gasteiger charge is 2.11. The smallest absolute Gasteiger partial charge is 0.305 e. The Hall–Kier alpha value is -0.590. The number of aromatic nitrogens is 2. The van der Waals surface area contributed by atoms with Crippen LogP contribution in [-0.4, -0.2) is 17.6 Å². The Balaban J connectivity index is 0.00000289. The molecular formula is C13H23IN2O2. The number of methoxy groups -OCH3 is 1. The molecule has 4 nitrogen and oxygen atoms in total. The quantitative estimate of drug-likeness (QED) is 0.258. The molecule has 0 N–H and O–H groups in total. The summed E-state index contributed by atoms with van der Waals surface area (Å²) in [6.07, 6.45) is 9.11. The van der Waals surface area contributed by atoms with Gasteiger partial charge in [0, 0.05) is 6.42 Å². The third-order valence-electron chi connectivity index (χ3n) is 2.92. The van der Waals surface area contributed by atoms with Crippen LogP contribution in [0.5, 0.6) is 0 Å². The van der Waals surface area contributed by atoms with E-state index in [0.29, 0.717) is 6.42 Å². The van der Waals surface area contributed by atoms with Crippen LogP contribution in [0.4, 0.5) is 0 Å². The third kappa shape index (κ3) is 5.84. The maximum Gasteiger partial charge on any atom is 0.305 e. The number of hydrogen-bond donors (Lipinski definition) is 0. The second-order valence-electron chi connectivity index (χ2n) is 4.37. The molecule has 0 aliphatic rings. The van der Waals surface area contributed by atoms with Crippen molar-refractivity contribution in [2.24, 2.45) is 7.05 Å². The minimum atomic E-state index is -0.149. The molecule has 0 radical (unpaired) electrons. The topological polar surface area (TPSA) is 35.1 Å². The summed E-state index contributed by atoms with van der Waals surface area (Å²) in [5.74, 6) is -0.149. The lowest BCUT2D eigenvalue weighted by Gasteiger charge is -1.96. The molecule has 5 heteroatoms. The lowest BCUT2D eigenvalue weighted by atomic mass is 10.2. The minimum Gasteiger partial charge on any atom is -1.00 e.